The number of piperidine rings is 1. The van der Waals surface area contributed by atoms with Crippen molar-refractivity contribution in [2.45, 2.75) is 44.6 Å². The molecule has 5 heteroatoms. The number of methoxy groups -OCH3 is 2. The number of carbonyl (C=O) groups excluding carboxylic acids is 1. The fourth-order valence-corrected chi connectivity index (χ4v) is 4.99. The third-order valence-electron chi connectivity index (χ3n) is 6.40. The fourth-order valence-electron chi connectivity index (χ4n) is 4.99. The Morgan fingerprint density at radius 2 is 1.65 bits per heavy atom. The summed E-state index contributed by atoms with van der Waals surface area (Å²) in [6, 6.07) is 6.12. The van der Waals surface area contributed by atoms with Crippen molar-refractivity contribution in [3.05, 3.63) is 18.2 Å². The molecule has 0 spiro atoms. The van der Waals surface area contributed by atoms with Gasteiger partial charge in [-0.3, -0.25) is 4.79 Å². The van der Waals surface area contributed by atoms with Gasteiger partial charge in [-0.2, -0.15) is 0 Å². The Hall–Kier alpha value is -1.91. The summed E-state index contributed by atoms with van der Waals surface area (Å²) in [6.07, 6.45) is 7.30. The zero-order chi connectivity index (χ0) is 18.1. The monoisotopic (exact) mass is 358 g/mol. The summed E-state index contributed by atoms with van der Waals surface area (Å²) < 4.78 is 10.7. The van der Waals surface area contributed by atoms with Crippen LogP contribution < -0.4 is 14.8 Å². The van der Waals surface area contributed by atoms with Crippen LogP contribution in [0, 0.1) is 17.8 Å². The number of anilines is 1. The normalized spacial score (nSPS) is 30.3. The lowest BCUT2D eigenvalue weighted by atomic mass is 10.0. The summed E-state index contributed by atoms with van der Waals surface area (Å²) in [7, 11) is 3.32. The number of nitrogens with one attached hydrogen (secondary N) is 1. The van der Waals surface area contributed by atoms with Gasteiger partial charge in [0.05, 0.1) is 14.2 Å². The van der Waals surface area contributed by atoms with E-state index in [2.05, 4.69) is 10.2 Å². The van der Waals surface area contributed by atoms with Gasteiger partial charge in [0.1, 0.15) is 11.5 Å². The van der Waals surface area contributed by atoms with Crippen LogP contribution in [-0.2, 0) is 4.79 Å². The molecule has 4 atom stereocenters. The lowest BCUT2D eigenvalue weighted by Crippen LogP contribution is -2.46. The van der Waals surface area contributed by atoms with Crippen LogP contribution in [0.5, 0.6) is 11.5 Å². The second-order valence-corrected chi connectivity index (χ2v) is 8.01. The molecule has 142 valence electrons. The number of carbonyl (C=O) groups is 1. The van der Waals surface area contributed by atoms with Crippen molar-refractivity contribution in [3.8, 4) is 11.5 Å². The maximum atomic E-state index is 13.0. The predicted molar refractivity (Wildman–Crippen MR) is 102 cm³/mol. The van der Waals surface area contributed by atoms with Crippen LogP contribution in [0.2, 0.25) is 0 Å². The molecular formula is C21H30N2O3. The van der Waals surface area contributed by atoms with Gasteiger partial charge in [-0.05, 0) is 37.5 Å². The maximum absolute atomic E-state index is 13.0. The van der Waals surface area contributed by atoms with Gasteiger partial charge in [-0.25, -0.2) is 0 Å². The largest absolute Gasteiger partial charge is 0.497 e. The minimum absolute atomic E-state index is 0.283. The number of rotatable bonds is 5. The first kappa shape index (κ1) is 17.5. The van der Waals surface area contributed by atoms with E-state index < -0.39 is 0 Å². The molecule has 1 aromatic carbocycles. The first-order valence-corrected chi connectivity index (χ1v) is 9.98. The van der Waals surface area contributed by atoms with Crippen LogP contribution in [0.3, 0.4) is 0 Å². The van der Waals surface area contributed by atoms with E-state index in [0.717, 1.165) is 43.1 Å². The van der Waals surface area contributed by atoms with Crippen LogP contribution in [0.15, 0.2) is 18.2 Å². The number of nitrogens with zero attached hydrogens (tertiary/aromatic N) is 1. The van der Waals surface area contributed by atoms with Gasteiger partial charge in [-0.15, -0.1) is 0 Å². The third kappa shape index (κ3) is 3.49. The van der Waals surface area contributed by atoms with E-state index in [1.165, 1.54) is 25.7 Å². The summed E-state index contributed by atoms with van der Waals surface area (Å²) in [6.45, 7) is 1.71. The summed E-state index contributed by atoms with van der Waals surface area (Å²) in [4.78, 5) is 15.1. The highest BCUT2D eigenvalue weighted by Crippen LogP contribution is 2.56. The minimum atomic E-state index is 0.283. The van der Waals surface area contributed by atoms with E-state index >= 15 is 0 Å². The Kier molecular flexibility index (Phi) is 4.96. The lowest BCUT2D eigenvalue weighted by molar-refractivity contribution is -0.134. The number of ether oxygens (including phenoxy) is 2. The van der Waals surface area contributed by atoms with Gasteiger partial charge in [0.15, 0.2) is 0 Å². The van der Waals surface area contributed by atoms with E-state index in [4.69, 9.17) is 9.47 Å². The Morgan fingerprint density at radius 1 is 1.00 bits per heavy atom. The molecule has 2 saturated carbocycles. The molecule has 0 radical (unpaired) electrons. The van der Waals surface area contributed by atoms with Gasteiger partial charge >= 0.3 is 0 Å². The summed E-state index contributed by atoms with van der Waals surface area (Å²) in [5.74, 6) is 3.67. The summed E-state index contributed by atoms with van der Waals surface area (Å²) in [5, 5.41) is 3.58. The van der Waals surface area contributed by atoms with E-state index in [9.17, 15) is 4.79 Å². The summed E-state index contributed by atoms with van der Waals surface area (Å²) >= 11 is 0. The molecule has 2 aliphatic carbocycles. The Morgan fingerprint density at radius 3 is 2.27 bits per heavy atom. The molecule has 5 nitrogen and oxygen atoms in total. The zero-order valence-electron chi connectivity index (χ0n) is 15.9. The molecule has 3 fully saturated rings. The smallest absolute Gasteiger partial charge is 0.226 e. The maximum Gasteiger partial charge on any atom is 0.226 e. The standard InChI is InChI=1S/C21H30N2O3/c1-25-16-10-15(11-17(12-16)26-2)22-14-6-5-9-23(13-14)21(24)20-18-7-3-4-8-19(18)20/h10-12,14,18-20,22H,3-9,13H2,1-2H3/t14-,18-,19+,20?/m0/s1. The quantitative estimate of drug-likeness (QED) is 0.875. The van der Waals surface area contributed by atoms with Crippen LogP contribution in [0.25, 0.3) is 0 Å². The number of hydrogen-bond acceptors (Lipinski definition) is 4. The molecule has 1 heterocycles. The van der Waals surface area contributed by atoms with Crippen molar-refractivity contribution in [2.24, 2.45) is 17.8 Å². The molecule has 1 unspecified atom stereocenters. The first-order chi connectivity index (χ1) is 12.7. The van der Waals surface area contributed by atoms with E-state index in [0.29, 0.717) is 23.7 Å². The molecule has 1 N–H and O–H groups in total. The van der Waals surface area contributed by atoms with Gasteiger partial charge < -0.3 is 19.7 Å². The highest BCUT2D eigenvalue weighted by molar-refractivity contribution is 5.82. The number of amides is 1. The molecule has 0 aromatic heterocycles. The molecule has 3 aliphatic rings. The number of fused-ring (bicyclic) bond motifs is 1. The SMILES string of the molecule is COc1cc(N[C@H]2CCCN(C(=O)C3[C@H]4CCCC[C@@H]34)C2)cc(OC)c1. The van der Waals surface area contributed by atoms with E-state index in [1.807, 2.05) is 18.2 Å². The Bertz CT molecular complexity index is 628. The number of likely N-dealkylation sites (tertiary alicyclic amines) is 1. The van der Waals surface area contributed by atoms with Gasteiger partial charge in [0.25, 0.3) is 0 Å². The van der Waals surface area contributed by atoms with Crippen molar-refractivity contribution in [1.82, 2.24) is 4.90 Å². The van der Waals surface area contributed by atoms with Crippen molar-refractivity contribution in [1.29, 1.82) is 0 Å². The molecule has 26 heavy (non-hydrogen) atoms. The van der Waals surface area contributed by atoms with E-state index in [-0.39, 0.29) is 6.04 Å². The topological polar surface area (TPSA) is 50.8 Å². The second kappa shape index (κ2) is 7.37. The van der Waals surface area contributed by atoms with Gasteiger partial charge in [0.2, 0.25) is 5.91 Å². The van der Waals surface area contributed by atoms with Gasteiger partial charge in [0, 0.05) is 48.9 Å². The lowest BCUT2D eigenvalue weighted by Gasteiger charge is -2.34. The van der Waals surface area contributed by atoms with Crippen molar-refractivity contribution in [2.75, 3.05) is 32.6 Å². The van der Waals surface area contributed by atoms with Crippen LogP contribution in [0.1, 0.15) is 38.5 Å². The molecule has 1 amide bonds. The fraction of sp³-hybridized carbons (Fsp3) is 0.667. The number of hydrogen-bond donors (Lipinski definition) is 1. The zero-order valence-corrected chi connectivity index (χ0v) is 15.9. The minimum Gasteiger partial charge on any atom is -0.497 e. The number of benzene rings is 1. The Labute approximate surface area is 156 Å². The summed E-state index contributed by atoms with van der Waals surface area (Å²) in [5.41, 5.74) is 0.987. The molecule has 1 saturated heterocycles. The van der Waals surface area contributed by atoms with Crippen LogP contribution in [-0.4, -0.2) is 44.2 Å². The first-order valence-electron chi connectivity index (χ1n) is 9.98. The molecule has 1 aliphatic heterocycles. The highest BCUT2D eigenvalue weighted by Gasteiger charge is 2.55. The Balaban J connectivity index is 1.39. The molecule has 4 rings (SSSR count). The highest BCUT2D eigenvalue weighted by atomic mass is 16.5. The average molecular weight is 358 g/mol. The van der Waals surface area contributed by atoms with Crippen molar-refractivity contribution >= 4 is 11.6 Å². The van der Waals surface area contributed by atoms with E-state index in [1.54, 1.807) is 14.2 Å². The third-order valence-corrected chi connectivity index (χ3v) is 6.40. The van der Waals surface area contributed by atoms with Crippen LogP contribution >= 0.6 is 0 Å². The average Bonchev–Trinajstić information content (AvgIpc) is 3.41. The molecule has 1 aromatic rings. The molecular weight excluding hydrogens is 328 g/mol. The molecule has 0 bridgehead atoms. The van der Waals surface area contributed by atoms with Crippen LogP contribution in [0.4, 0.5) is 5.69 Å². The van der Waals surface area contributed by atoms with Gasteiger partial charge in [-0.1, -0.05) is 12.8 Å². The predicted octanol–water partition coefficient (Wildman–Crippen LogP) is 3.54. The van der Waals surface area contributed by atoms with Crippen molar-refractivity contribution < 1.29 is 14.3 Å². The second-order valence-electron chi connectivity index (χ2n) is 8.01. The van der Waals surface area contributed by atoms with Crippen molar-refractivity contribution in [3.63, 3.8) is 0 Å².